The molecule has 3 rings (SSSR count). The van der Waals surface area contributed by atoms with Crippen LogP contribution in [-0.4, -0.2) is 52.5 Å². The highest BCUT2D eigenvalue weighted by atomic mass is 35.5. The summed E-state index contributed by atoms with van der Waals surface area (Å²) in [6.45, 7) is 12.7. The standard InChI is InChI=1S/C24H34N5O4.ClH/c1-8-32-21-15(2)16(3)22-28(27-23(25-7)29(22)26-21)14-20(31)17-11-18(24(4,5)6)13-19(12-17)33-10-9-30;/h11-13,30H,8-10,14H2,1-7H3,(H,25,27);1H/q+1;/p-1. The number of nitrogens with one attached hydrogen (secondary N) is 1. The Morgan fingerprint density at radius 1 is 1.18 bits per heavy atom. The van der Waals surface area contributed by atoms with E-state index in [0.717, 1.165) is 22.3 Å². The number of aromatic nitrogens is 4. The van der Waals surface area contributed by atoms with E-state index in [0.29, 0.717) is 29.7 Å². The number of aliphatic hydroxyl groups excluding tert-OH is 1. The Bertz CT molecular complexity index is 1170. The van der Waals surface area contributed by atoms with Crippen molar-refractivity contribution < 1.29 is 36.5 Å². The number of carbonyl (C=O) groups is 1. The zero-order valence-electron chi connectivity index (χ0n) is 20.9. The van der Waals surface area contributed by atoms with Crippen LogP contribution < -0.4 is 31.9 Å². The minimum Gasteiger partial charge on any atom is -1.00 e. The van der Waals surface area contributed by atoms with Crippen LogP contribution in [0.4, 0.5) is 5.95 Å². The lowest BCUT2D eigenvalue weighted by atomic mass is 9.85. The molecular weight excluding hydrogens is 458 g/mol. The molecule has 1 aromatic carbocycles. The first-order valence-corrected chi connectivity index (χ1v) is 11.1. The molecule has 2 aromatic heterocycles. The molecule has 3 aromatic rings. The van der Waals surface area contributed by atoms with Crippen LogP contribution in [-0.2, 0) is 12.0 Å². The van der Waals surface area contributed by atoms with Gasteiger partial charge < -0.3 is 32.3 Å². The van der Waals surface area contributed by atoms with Gasteiger partial charge in [-0.15, -0.1) is 4.68 Å². The molecule has 0 saturated heterocycles. The Morgan fingerprint density at radius 2 is 1.88 bits per heavy atom. The highest BCUT2D eigenvalue weighted by molar-refractivity contribution is 5.95. The molecular formula is C24H34ClN5O4. The number of ketones is 1. The molecule has 0 saturated carbocycles. The third-order valence-corrected chi connectivity index (χ3v) is 5.52. The average Bonchev–Trinajstić information content (AvgIpc) is 3.12. The molecule has 34 heavy (non-hydrogen) atoms. The SMILES string of the molecule is CCOc1nn2c(NC)n[n+](CC(=O)c3cc(OCCO)cc(C(C)(C)C)c3)c2c(C)c1C.[Cl-]. The van der Waals surface area contributed by atoms with Crippen molar-refractivity contribution in [3.05, 3.63) is 40.5 Å². The van der Waals surface area contributed by atoms with Gasteiger partial charge in [-0.2, -0.15) is 0 Å². The van der Waals surface area contributed by atoms with Crippen molar-refractivity contribution in [3.8, 4) is 11.6 Å². The molecule has 0 unspecified atom stereocenters. The van der Waals surface area contributed by atoms with E-state index in [9.17, 15) is 4.79 Å². The summed E-state index contributed by atoms with van der Waals surface area (Å²) in [6.07, 6.45) is 0. The maximum Gasteiger partial charge on any atom is 0.357 e. The van der Waals surface area contributed by atoms with Crippen LogP contribution in [0.1, 0.15) is 54.7 Å². The van der Waals surface area contributed by atoms with Crippen LogP contribution in [0.5, 0.6) is 11.6 Å². The van der Waals surface area contributed by atoms with E-state index >= 15 is 0 Å². The molecule has 0 amide bonds. The first-order chi connectivity index (χ1) is 15.6. The van der Waals surface area contributed by atoms with Crippen LogP contribution in [0, 0.1) is 13.8 Å². The lowest BCUT2D eigenvalue weighted by molar-refractivity contribution is -0.714. The van der Waals surface area contributed by atoms with Crippen LogP contribution in [0.15, 0.2) is 18.2 Å². The number of carbonyl (C=O) groups excluding carboxylic acids is 1. The molecule has 0 atom stereocenters. The quantitative estimate of drug-likeness (QED) is 0.311. The predicted molar refractivity (Wildman–Crippen MR) is 125 cm³/mol. The van der Waals surface area contributed by atoms with Crippen molar-refractivity contribution in [2.75, 3.05) is 32.2 Å². The summed E-state index contributed by atoms with van der Waals surface area (Å²) in [5.74, 6) is 1.51. The van der Waals surface area contributed by atoms with E-state index in [4.69, 9.17) is 14.6 Å². The summed E-state index contributed by atoms with van der Waals surface area (Å²) in [6, 6.07) is 5.53. The van der Waals surface area contributed by atoms with E-state index in [2.05, 4.69) is 36.3 Å². The summed E-state index contributed by atoms with van der Waals surface area (Å²) in [4.78, 5) is 13.4. The fourth-order valence-corrected chi connectivity index (χ4v) is 3.56. The number of aryl methyl sites for hydroxylation is 1. The smallest absolute Gasteiger partial charge is 0.357 e. The first-order valence-electron chi connectivity index (χ1n) is 11.1. The molecule has 0 bridgehead atoms. The van der Waals surface area contributed by atoms with E-state index in [-0.39, 0.29) is 43.4 Å². The Balaban J connectivity index is 0.00000408. The number of hydrogen-bond acceptors (Lipinski definition) is 7. The monoisotopic (exact) mass is 491 g/mol. The second-order valence-electron chi connectivity index (χ2n) is 8.95. The van der Waals surface area contributed by atoms with Gasteiger partial charge in [-0.1, -0.05) is 25.3 Å². The van der Waals surface area contributed by atoms with Crippen LogP contribution in [0.2, 0.25) is 0 Å². The molecule has 0 aliphatic rings. The Hall–Kier alpha value is -2.91. The molecule has 0 radical (unpaired) electrons. The number of hydrogen-bond donors (Lipinski definition) is 2. The predicted octanol–water partition coefficient (Wildman–Crippen LogP) is -0.370. The number of rotatable bonds is 9. The summed E-state index contributed by atoms with van der Waals surface area (Å²) in [5.41, 5.74) is 3.90. The first kappa shape index (κ1) is 27.3. The molecule has 186 valence electrons. The van der Waals surface area contributed by atoms with Crippen molar-refractivity contribution >= 4 is 17.4 Å². The number of anilines is 1. The van der Waals surface area contributed by atoms with Crippen molar-refractivity contribution in [2.45, 2.75) is 53.5 Å². The second-order valence-corrected chi connectivity index (χ2v) is 8.95. The van der Waals surface area contributed by atoms with Gasteiger partial charge in [-0.05, 0) is 60.1 Å². The van der Waals surface area contributed by atoms with E-state index in [1.54, 1.807) is 22.3 Å². The zero-order chi connectivity index (χ0) is 24.3. The van der Waals surface area contributed by atoms with Gasteiger partial charge in [0.1, 0.15) is 12.4 Å². The number of Topliss-reactive ketones (excluding diaryl/α,β-unsaturated/α-hetero) is 1. The fraction of sp³-hybridized carbons (Fsp3) is 0.500. The zero-order valence-corrected chi connectivity index (χ0v) is 21.7. The molecule has 0 spiro atoms. The summed E-state index contributed by atoms with van der Waals surface area (Å²) >= 11 is 0. The van der Waals surface area contributed by atoms with Gasteiger partial charge in [0.15, 0.2) is 6.54 Å². The summed E-state index contributed by atoms with van der Waals surface area (Å²) in [5, 5.41) is 21.3. The number of benzene rings is 1. The van der Waals surface area contributed by atoms with Gasteiger partial charge in [0.05, 0.1) is 18.8 Å². The van der Waals surface area contributed by atoms with Crippen molar-refractivity contribution in [1.29, 1.82) is 0 Å². The van der Waals surface area contributed by atoms with Gasteiger partial charge in [0.25, 0.3) is 5.88 Å². The van der Waals surface area contributed by atoms with Gasteiger partial charge in [-0.25, -0.2) is 0 Å². The fourth-order valence-electron chi connectivity index (χ4n) is 3.56. The number of aliphatic hydroxyl groups is 1. The maximum atomic E-state index is 13.4. The lowest BCUT2D eigenvalue weighted by Crippen LogP contribution is -3.00. The van der Waals surface area contributed by atoms with E-state index in [1.807, 2.05) is 32.9 Å². The van der Waals surface area contributed by atoms with Gasteiger partial charge in [0, 0.05) is 18.2 Å². The van der Waals surface area contributed by atoms with E-state index in [1.165, 1.54) is 0 Å². The average molecular weight is 492 g/mol. The van der Waals surface area contributed by atoms with Crippen molar-refractivity contribution in [3.63, 3.8) is 0 Å². The van der Waals surface area contributed by atoms with E-state index < -0.39 is 0 Å². The normalized spacial score (nSPS) is 11.3. The Morgan fingerprint density at radius 3 is 2.47 bits per heavy atom. The third kappa shape index (κ3) is 5.59. The molecule has 9 nitrogen and oxygen atoms in total. The van der Waals surface area contributed by atoms with Gasteiger partial charge in [0.2, 0.25) is 5.78 Å². The molecule has 2 N–H and O–H groups in total. The van der Waals surface area contributed by atoms with Gasteiger partial charge >= 0.3 is 11.6 Å². The minimum absolute atomic E-state index is 0. The number of fused-ring (bicyclic) bond motifs is 1. The van der Waals surface area contributed by atoms with Crippen LogP contribution in [0.3, 0.4) is 0 Å². The highest BCUT2D eigenvalue weighted by Crippen LogP contribution is 2.28. The molecule has 10 heteroatoms. The van der Waals surface area contributed by atoms with Crippen LogP contribution >= 0.6 is 0 Å². The van der Waals surface area contributed by atoms with Crippen molar-refractivity contribution in [2.24, 2.45) is 0 Å². The summed E-state index contributed by atoms with van der Waals surface area (Å²) < 4.78 is 14.6. The minimum atomic E-state index is -0.172. The van der Waals surface area contributed by atoms with Crippen LogP contribution in [0.25, 0.3) is 5.65 Å². The lowest BCUT2D eigenvalue weighted by Gasteiger charge is -2.21. The largest absolute Gasteiger partial charge is 1.00 e. The molecule has 0 aliphatic carbocycles. The third-order valence-electron chi connectivity index (χ3n) is 5.52. The maximum absolute atomic E-state index is 13.4. The van der Waals surface area contributed by atoms with Gasteiger partial charge in [-0.3, -0.25) is 4.79 Å². The number of nitrogens with zero attached hydrogens (tertiary/aromatic N) is 4. The highest BCUT2D eigenvalue weighted by Gasteiger charge is 2.28. The summed E-state index contributed by atoms with van der Waals surface area (Å²) in [7, 11) is 1.76. The molecule has 0 fully saturated rings. The number of halogens is 1. The topological polar surface area (TPSA) is 102 Å². The Kier molecular flexibility index (Phi) is 8.85. The van der Waals surface area contributed by atoms with Crippen molar-refractivity contribution in [1.82, 2.24) is 14.7 Å². The Labute approximate surface area is 206 Å². The molecule has 0 aliphatic heterocycles. The molecule has 2 heterocycles. The second kappa shape index (κ2) is 11.0. The number of ether oxygens (including phenoxy) is 2.